The first-order chi connectivity index (χ1) is 12.0. The summed E-state index contributed by atoms with van der Waals surface area (Å²) in [5.41, 5.74) is 3.78. The van der Waals surface area contributed by atoms with E-state index in [-0.39, 0.29) is 12.4 Å². The summed E-state index contributed by atoms with van der Waals surface area (Å²) < 4.78 is 28.4. The molecule has 0 heterocycles. The van der Waals surface area contributed by atoms with Crippen molar-refractivity contribution in [2.45, 2.75) is 6.92 Å². The lowest BCUT2D eigenvalue weighted by molar-refractivity contribution is -0.123. The normalized spacial score (nSPS) is 11.0. The number of methoxy groups -OCH3 is 2. The third kappa shape index (κ3) is 5.20. The van der Waals surface area contributed by atoms with Crippen molar-refractivity contribution in [3.63, 3.8) is 0 Å². The number of carbonyl (C=O) groups is 1. The number of hydrogen-bond donors (Lipinski definition) is 1. The molecule has 2 aromatic rings. The summed E-state index contributed by atoms with van der Waals surface area (Å²) in [6.07, 6.45) is 0. The number of hydrazone groups is 1. The number of carbonyl (C=O) groups excluding carboxylic acids is 1. The van der Waals surface area contributed by atoms with Crippen LogP contribution in [-0.4, -0.2) is 32.4 Å². The van der Waals surface area contributed by atoms with Crippen molar-refractivity contribution in [3.05, 3.63) is 53.8 Å². The molecule has 2 rings (SSSR count). The van der Waals surface area contributed by atoms with Gasteiger partial charge in [0.1, 0.15) is 11.6 Å². The molecule has 0 fully saturated rings. The van der Waals surface area contributed by atoms with Crippen LogP contribution < -0.4 is 19.6 Å². The molecule has 2 aromatic carbocycles. The molecule has 0 aromatic heterocycles. The number of rotatable bonds is 7. The SMILES string of the molecule is COc1ccc(/C(C)=N/NC(=O)COc2ccc(F)cc2)cc1OC. The Kier molecular flexibility index (Phi) is 6.33. The molecule has 0 saturated carbocycles. The molecular weight excluding hydrogens is 327 g/mol. The minimum atomic E-state index is -0.427. The van der Waals surface area contributed by atoms with Gasteiger partial charge in [-0.15, -0.1) is 0 Å². The molecule has 0 bridgehead atoms. The number of nitrogens with one attached hydrogen (secondary N) is 1. The van der Waals surface area contributed by atoms with Gasteiger partial charge in [0.25, 0.3) is 5.91 Å². The summed E-state index contributed by atoms with van der Waals surface area (Å²) in [5, 5.41) is 4.03. The van der Waals surface area contributed by atoms with E-state index in [0.717, 1.165) is 5.56 Å². The van der Waals surface area contributed by atoms with Crippen LogP contribution in [-0.2, 0) is 4.79 Å². The molecule has 0 aliphatic heterocycles. The quantitative estimate of drug-likeness (QED) is 0.618. The van der Waals surface area contributed by atoms with E-state index in [1.54, 1.807) is 39.3 Å². The van der Waals surface area contributed by atoms with Crippen LogP contribution in [0.2, 0.25) is 0 Å². The third-order valence-electron chi connectivity index (χ3n) is 3.33. The van der Waals surface area contributed by atoms with Crippen molar-refractivity contribution in [1.29, 1.82) is 0 Å². The standard InChI is InChI=1S/C18H19FN2O4/c1-12(13-4-9-16(23-2)17(10-13)24-3)20-21-18(22)11-25-15-7-5-14(19)6-8-15/h4-10H,11H2,1-3H3,(H,21,22)/b20-12+. The summed E-state index contributed by atoms with van der Waals surface area (Å²) in [6.45, 7) is 1.52. The van der Waals surface area contributed by atoms with Crippen LogP contribution in [0, 0.1) is 5.82 Å². The van der Waals surface area contributed by atoms with Crippen LogP contribution >= 0.6 is 0 Å². The highest BCUT2D eigenvalue weighted by atomic mass is 19.1. The molecule has 25 heavy (non-hydrogen) atoms. The number of hydrogen-bond acceptors (Lipinski definition) is 5. The minimum absolute atomic E-state index is 0.228. The summed E-state index contributed by atoms with van der Waals surface area (Å²) in [5.74, 6) is 0.782. The van der Waals surface area contributed by atoms with Crippen molar-refractivity contribution in [2.75, 3.05) is 20.8 Å². The molecule has 1 N–H and O–H groups in total. The molecule has 0 saturated heterocycles. The Bertz CT molecular complexity index is 760. The molecule has 0 aliphatic rings. The Morgan fingerprint density at radius 2 is 1.76 bits per heavy atom. The van der Waals surface area contributed by atoms with Gasteiger partial charge >= 0.3 is 0 Å². The average molecular weight is 346 g/mol. The summed E-state index contributed by atoms with van der Waals surface area (Å²) in [7, 11) is 3.10. The summed E-state index contributed by atoms with van der Waals surface area (Å²) in [4.78, 5) is 11.8. The maximum absolute atomic E-state index is 12.8. The van der Waals surface area contributed by atoms with Crippen LogP contribution in [0.4, 0.5) is 4.39 Å². The molecule has 7 heteroatoms. The monoisotopic (exact) mass is 346 g/mol. The number of benzene rings is 2. The van der Waals surface area contributed by atoms with Crippen LogP contribution in [0.25, 0.3) is 0 Å². The Balaban J connectivity index is 1.93. The minimum Gasteiger partial charge on any atom is -0.493 e. The van der Waals surface area contributed by atoms with Gasteiger partial charge in [0, 0.05) is 5.56 Å². The third-order valence-corrected chi connectivity index (χ3v) is 3.33. The first-order valence-corrected chi connectivity index (χ1v) is 7.47. The van der Waals surface area contributed by atoms with Crippen LogP contribution in [0.5, 0.6) is 17.2 Å². The summed E-state index contributed by atoms with van der Waals surface area (Å²) >= 11 is 0. The van der Waals surface area contributed by atoms with E-state index < -0.39 is 5.91 Å². The first kappa shape index (κ1) is 18.3. The maximum Gasteiger partial charge on any atom is 0.277 e. The zero-order valence-electron chi connectivity index (χ0n) is 14.2. The molecule has 132 valence electrons. The highest BCUT2D eigenvalue weighted by molar-refractivity contribution is 5.99. The average Bonchev–Trinajstić information content (AvgIpc) is 2.64. The van der Waals surface area contributed by atoms with Gasteiger partial charge in [0.15, 0.2) is 18.1 Å². The van der Waals surface area contributed by atoms with Crippen molar-refractivity contribution < 1.29 is 23.4 Å². The topological polar surface area (TPSA) is 69.2 Å². The zero-order chi connectivity index (χ0) is 18.2. The molecule has 0 atom stereocenters. The zero-order valence-corrected chi connectivity index (χ0v) is 14.2. The van der Waals surface area contributed by atoms with E-state index in [9.17, 15) is 9.18 Å². The van der Waals surface area contributed by atoms with Crippen LogP contribution in [0.1, 0.15) is 12.5 Å². The Labute approximate surface area is 145 Å². The van der Waals surface area contributed by atoms with Crippen LogP contribution in [0.15, 0.2) is 47.6 Å². The van der Waals surface area contributed by atoms with Gasteiger partial charge in [-0.1, -0.05) is 0 Å². The van der Waals surface area contributed by atoms with E-state index in [0.29, 0.717) is 23.0 Å². The van der Waals surface area contributed by atoms with Crippen molar-refractivity contribution in [2.24, 2.45) is 5.10 Å². The smallest absolute Gasteiger partial charge is 0.277 e. The van der Waals surface area contributed by atoms with E-state index in [1.807, 2.05) is 0 Å². The fourth-order valence-electron chi connectivity index (χ4n) is 1.98. The second kappa shape index (κ2) is 8.68. The lowest BCUT2D eigenvalue weighted by Gasteiger charge is -2.09. The molecule has 6 nitrogen and oxygen atoms in total. The molecule has 1 amide bonds. The fourth-order valence-corrected chi connectivity index (χ4v) is 1.98. The maximum atomic E-state index is 12.8. The predicted octanol–water partition coefficient (Wildman–Crippen LogP) is 2.76. The van der Waals surface area contributed by atoms with E-state index in [4.69, 9.17) is 14.2 Å². The Hall–Kier alpha value is -3.09. The lowest BCUT2D eigenvalue weighted by Crippen LogP contribution is -2.25. The van der Waals surface area contributed by atoms with Crippen molar-refractivity contribution >= 4 is 11.6 Å². The van der Waals surface area contributed by atoms with Crippen LogP contribution in [0.3, 0.4) is 0 Å². The van der Waals surface area contributed by atoms with Crippen molar-refractivity contribution in [3.8, 4) is 17.2 Å². The number of nitrogens with zero attached hydrogens (tertiary/aromatic N) is 1. The van der Waals surface area contributed by atoms with Gasteiger partial charge in [-0.2, -0.15) is 5.10 Å². The van der Waals surface area contributed by atoms with Gasteiger partial charge in [0.05, 0.1) is 19.9 Å². The summed E-state index contributed by atoms with van der Waals surface area (Å²) in [6, 6.07) is 10.7. The first-order valence-electron chi connectivity index (χ1n) is 7.47. The molecule has 0 spiro atoms. The molecule has 0 radical (unpaired) electrons. The second-order valence-corrected chi connectivity index (χ2v) is 5.04. The second-order valence-electron chi connectivity index (χ2n) is 5.04. The number of halogens is 1. The number of ether oxygens (including phenoxy) is 3. The molecule has 0 unspecified atom stereocenters. The Morgan fingerprint density at radius 1 is 1.08 bits per heavy atom. The predicted molar refractivity (Wildman–Crippen MR) is 91.8 cm³/mol. The largest absolute Gasteiger partial charge is 0.493 e. The van der Waals surface area contributed by atoms with Gasteiger partial charge in [-0.05, 0) is 49.4 Å². The van der Waals surface area contributed by atoms with Gasteiger partial charge in [-0.25, -0.2) is 9.82 Å². The molecule has 0 aliphatic carbocycles. The van der Waals surface area contributed by atoms with E-state index in [2.05, 4.69) is 10.5 Å². The van der Waals surface area contributed by atoms with E-state index in [1.165, 1.54) is 24.3 Å². The van der Waals surface area contributed by atoms with Gasteiger partial charge in [0.2, 0.25) is 0 Å². The Morgan fingerprint density at radius 3 is 2.40 bits per heavy atom. The number of amides is 1. The highest BCUT2D eigenvalue weighted by Crippen LogP contribution is 2.27. The lowest BCUT2D eigenvalue weighted by atomic mass is 10.1. The fraction of sp³-hybridized carbons (Fsp3) is 0.222. The van der Waals surface area contributed by atoms with Crippen molar-refractivity contribution in [1.82, 2.24) is 5.43 Å². The molecular formula is C18H19FN2O4. The van der Waals surface area contributed by atoms with E-state index >= 15 is 0 Å². The van der Waals surface area contributed by atoms with Gasteiger partial charge in [-0.3, -0.25) is 4.79 Å². The van der Waals surface area contributed by atoms with Gasteiger partial charge < -0.3 is 14.2 Å². The highest BCUT2D eigenvalue weighted by Gasteiger charge is 2.07.